The third-order valence-electron chi connectivity index (χ3n) is 5.61. The summed E-state index contributed by atoms with van der Waals surface area (Å²) in [5.41, 5.74) is 6.07. The van der Waals surface area contributed by atoms with Crippen molar-refractivity contribution in [2.24, 2.45) is 5.73 Å². The van der Waals surface area contributed by atoms with Crippen LogP contribution >= 0.6 is 0 Å². The molecule has 0 heterocycles. The molecular weight excluding hydrogens is 406 g/mol. The predicted octanol–water partition coefficient (Wildman–Crippen LogP) is 7.70. The SMILES string of the molecule is CCCCCCCCCCCCc1ccccc1S(=O)(=O)O.CCCCCCCCN. The molecule has 0 aliphatic heterocycles. The van der Waals surface area contributed by atoms with Crippen molar-refractivity contribution < 1.29 is 13.0 Å². The van der Waals surface area contributed by atoms with Crippen molar-refractivity contribution in [3.05, 3.63) is 29.8 Å². The number of unbranched alkanes of at least 4 members (excludes halogenated alkanes) is 14. The Hall–Kier alpha value is -0.910. The Labute approximate surface area is 193 Å². The minimum atomic E-state index is -4.10. The lowest BCUT2D eigenvalue weighted by molar-refractivity contribution is 0.481. The minimum absolute atomic E-state index is 0.0610. The maximum Gasteiger partial charge on any atom is 0.294 e. The molecule has 0 saturated heterocycles. The lowest BCUT2D eigenvalue weighted by Crippen LogP contribution is -2.03. The summed E-state index contributed by atoms with van der Waals surface area (Å²) in [4.78, 5) is 0.0610. The second-order valence-electron chi connectivity index (χ2n) is 8.57. The lowest BCUT2D eigenvalue weighted by Gasteiger charge is -2.07. The van der Waals surface area contributed by atoms with Crippen LogP contribution in [-0.2, 0) is 16.5 Å². The maximum atomic E-state index is 11.3. The molecule has 0 fully saturated rings. The van der Waals surface area contributed by atoms with Gasteiger partial charge in [0.15, 0.2) is 0 Å². The van der Waals surface area contributed by atoms with Gasteiger partial charge in [0.2, 0.25) is 0 Å². The molecule has 1 aromatic rings. The van der Waals surface area contributed by atoms with Gasteiger partial charge in [-0.25, -0.2) is 0 Å². The van der Waals surface area contributed by atoms with E-state index in [1.807, 2.05) is 6.07 Å². The summed E-state index contributed by atoms with van der Waals surface area (Å²) in [5, 5.41) is 0. The highest BCUT2D eigenvalue weighted by molar-refractivity contribution is 7.85. The van der Waals surface area contributed by atoms with Gasteiger partial charge in [-0.1, -0.05) is 122 Å². The first-order chi connectivity index (χ1) is 15.0. The average Bonchev–Trinajstić information content (AvgIpc) is 2.75. The molecule has 0 amide bonds. The lowest BCUT2D eigenvalue weighted by atomic mass is 10.0. The van der Waals surface area contributed by atoms with E-state index in [1.54, 1.807) is 12.1 Å². The number of nitrogens with two attached hydrogens (primary N) is 1. The second kappa shape index (κ2) is 21.0. The van der Waals surface area contributed by atoms with Gasteiger partial charge in [0.25, 0.3) is 10.1 Å². The van der Waals surface area contributed by atoms with Gasteiger partial charge >= 0.3 is 0 Å². The van der Waals surface area contributed by atoms with Crippen LogP contribution in [0.2, 0.25) is 0 Å². The Bertz CT molecular complexity index is 611. The summed E-state index contributed by atoms with van der Waals surface area (Å²) < 4.78 is 31.8. The van der Waals surface area contributed by atoms with Crippen molar-refractivity contribution in [3.63, 3.8) is 0 Å². The first-order valence-electron chi connectivity index (χ1n) is 12.7. The van der Waals surface area contributed by atoms with Crippen molar-refractivity contribution in [2.45, 2.75) is 128 Å². The number of rotatable bonds is 18. The Morgan fingerprint density at radius 3 is 1.55 bits per heavy atom. The molecule has 31 heavy (non-hydrogen) atoms. The van der Waals surface area contributed by atoms with Crippen LogP contribution in [0.4, 0.5) is 0 Å². The maximum absolute atomic E-state index is 11.3. The molecule has 0 saturated carbocycles. The van der Waals surface area contributed by atoms with Gasteiger partial charge in [0, 0.05) is 0 Å². The van der Waals surface area contributed by atoms with Gasteiger partial charge in [0.1, 0.15) is 0 Å². The largest absolute Gasteiger partial charge is 0.330 e. The topological polar surface area (TPSA) is 80.4 Å². The molecule has 5 heteroatoms. The summed E-state index contributed by atoms with van der Waals surface area (Å²) in [7, 11) is -4.10. The monoisotopic (exact) mass is 455 g/mol. The number of hydrogen-bond acceptors (Lipinski definition) is 3. The zero-order valence-corrected chi connectivity index (χ0v) is 21.1. The van der Waals surface area contributed by atoms with Crippen LogP contribution in [-0.4, -0.2) is 19.5 Å². The summed E-state index contributed by atoms with van der Waals surface area (Å²) in [6, 6.07) is 6.73. The Balaban J connectivity index is 0.000000842. The fourth-order valence-electron chi connectivity index (χ4n) is 3.69. The molecule has 3 N–H and O–H groups in total. The third-order valence-corrected chi connectivity index (χ3v) is 6.56. The summed E-state index contributed by atoms with van der Waals surface area (Å²) in [5.74, 6) is 0. The van der Waals surface area contributed by atoms with Crippen molar-refractivity contribution in [1.82, 2.24) is 0 Å². The number of benzene rings is 1. The molecule has 0 radical (unpaired) electrons. The highest BCUT2D eigenvalue weighted by Crippen LogP contribution is 2.18. The van der Waals surface area contributed by atoms with E-state index < -0.39 is 10.1 Å². The molecule has 182 valence electrons. The van der Waals surface area contributed by atoms with Crippen molar-refractivity contribution in [2.75, 3.05) is 6.54 Å². The third kappa shape index (κ3) is 18.4. The van der Waals surface area contributed by atoms with Crippen LogP contribution < -0.4 is 5.73 Å². The molecule has 1 rings (SSSR count). The van der Waals surface area contributed by atoms with E-state index in [0.717, 1.165) is 24.9 Å². The first-order valence-corrected chi connectivity index (χ1v) is 14.2. The van der Waals surface area contributed by atoms with Gasteiger partial charge in [-0.15, -0.1) is 0 Å². The number of aryl methyl sites for hydroxylation is 1. The van der Waals surface area contributed by atoms with Gasteiger partial charge in [-0.2, -0.15) is 8.42 Å². The van der Waals surface area contributed by atoms with Gasteiger partial charge in [0.05, 0.1) is 4.90 Å². The van der Waals surface area contributed by atoms with E-state index in [2.05, 4.69) is 13.8 Å². The van der Waals surface area contributed by atoms with Crippen LogP contribution in [0.25, 0.3) is 0 Å². The molecule has 0 atom stereocenters. The zero-order chi connectivity index (χ0) is 23.2. The quantitative estimate of drug-likeness (QED) is 0.175. The summed E-state index contributed by atoms with van der Waals surface area (Å²) >= 11 is 0. The highest BCUT2D eigenvalue weighted by atomic mass is 32.2. The summed E-state index contributed by atoms with van der Waals surface area (Å²) in [6.07, 6.45) is 21.4. The molecular formula is C26H49NO3S. The van der Waals surface area contributed by atoms with Crippen molar-refractivity contribution in [1.29, 1.82) is 0 Å². The molecule has 4 nitrogen and oxygen atoms in total. The van der Waals surface area contributed by atoms with Crippen LogP contribution in [0.1, 0.15) is 122 Å². The van der Waals surface area contributed by atoms with Crippen LogP contribution in [0.5, 0.6) is 0 Å². The first kappa shape index (κ1) is 30.1. The summed E-state index contributed by atoms with van der Waals surface area (Å²) in [6.45, 7) is 5.34. The Morgan fingerprint density at radius 2 is 1.10 bits per heavy atom. The minimum Gasteiger partial charge on any atom is -0.330 e. The molecule has 0 spiro atoms. The van der Waals surface area contributed by atoms with Crippen molar-refractivity contribution in [3.8, 4) is 0 Å². The average molecular weight is 456 g/mol. The number of hydrogen-bond donors (Lipinski definition) is 2. The van der Waals surface area contributed by atoms with Crippen LogP contribution in [0, 0.1) is 0 Å². The molecule has 0 aliphatic rings. The molecule has 1 aromatic carbocycles. The zero-order valence-electron chi connectivity index (χ0n) is 20.3. The van der Waals surface area contributed by atoms with E-state index in [9.17, 15) is 13.0 Å². The van der Waals surface area contributed by atoms with Crippen molar-refractivity contribution >= 4 is 10.1 Å². The van der Waals surface area contributed by atoms with Crippen LogP contribution in [0.15, 0.2) is 29.2 Å². The van der Waals surface area contributed by atoms with E-state index in [1.165, 1.54) is 96.0 Å². The fraction of sp³-hybridized carbons (Fsp3) is 0.769. The van der Waals surface area contributed by atoms with E-state index >= 15 is 0 Å². The predicted molar refractivity (Wildman–Crippen MR) is 134 cm³/mol. The standard InChI is InChI=1S/C18H30O3S.C8H19N/c1-2-3-4-5-6-7-8-9-10-11-14-17-15-12-13-16-18(17)22(19,20)21;1-2-3-4-5-6-7-8-9/h12-13,15-16H,2-11,14H2,1H3,(H,19,20,21);2-9H2,1H3. The molecule has 0 aliphatic carbocycles. The van der Waals surface area contributed by atoms with Crippen LogP contribution in [0.3, 0.4) is 0 Å². The molecule has 0 unspecified atom stereocenters. The molecule has 0 aromatic heterocycles. The van der Waals surface area contributed by atoms with E-state index in [4.69, 9.17) is 5.73 Å². The van der Waals surface area contributed by atoms with Gasteiger partial charge in [-0.3, -0.25) is 4.55 Å². The van der Waals surface area contributed by atoms with Gasteiger partial charge in [-0.05, 0) is 37.4 Å². The van der Waals surface area contributed by atoms with E-state index in [0.29, 0.717) is 6.42 Å². The fourth-order valence-corrected chi connectivity index (χ4v) is 4.44. The highest BCUT2D eigenvalue weighted by Gasteiger charge is 2.13. The molecule has 0 bridgehead atoms. The van der Waals surface area contributed by atoms with E-state index in [-0.39, 0.29) is 4.90 Å². The smallest absolute Gasteiger partial charge is 0.294 e. The Kier molecular flexibility index (Phi) is 20.3. The normalized spacial score (nSPS) is 11.2. The second-order valence-corrected chi connectivity index (χ2v) is 9.96. The Morgan fingerprint density at radius 1 is 0.677 bits per heavy atom. The van der Waals surface area contributed by atoms with Gasteiger partial charge < -0.3 is 5.73 Å².